The Hall–Kier alpha value is -3.10. The van der Waals surface area contributed by atoms with E-state index in [9.17, 15) is 14.7 Å². The van der Waals surface area contributed by atoms with E-state index in [0.29, 0.717) is 47.2 Å². The number of rotatable bonds is 3. The molecule has 1 unspecified atom stereocenters. The molecule has 0 radical (unpaired) electrons. The molecule has 1 aromatic carbocycles. The van der Waals surface area contributed by atoms with Gasteiger partial charge < -0.3 is 24.0 Å². The molecule has 1 N–H and O–H groups in total. The van der Waals surface area contributed by atoms with Gasteiger partial charge in [-0.2, -0.15) is 0 Å². The van der Waals surface area contributed by atoms with E-state index in [-0.39, 0.29) is 18.4 Å². The molecule has 3 aromatic rings. The molecule has 1 fully saturated rings. The number of carbonyl (C=O) groups is 2. The zero-order valence-corrected chi connectivity index (χ0v) is 17.0. The lowest BCUT2D eigenvalue weighted by Gasteiger charge is -2.47. The first-order chi connectivity index (χ1) is 14.5. The highest BCUT2D eigenvalue weighted by Gasteiger charge is 2.56. The molecule has 9 heteroatoms. The summed E-state index contributed by atoms with van der Waals surface area (Å²) in [6.07, 6.45) is 3.10. The lowest BCUT2D eigenvalue weighted by atomic mass is 9.93. The number of nitrogens with zero attached hydrogens (tertiary/aromatic N) is 4. The summed E-state index contributed by atoms with van der Waals surface area (Å²) in [6, 6.07) is 8.89. The molecule has 2 amide bonds. The Balaban J connectivity index is 1.70. The van der Waals surface area contributed by atoms with Crippen molar-refractivity contribution in [3.05, 3.63) is 75.9 Å². The average Bonchev–Trinajstić information content (AvgIpc) is 3.45. The summed E-state index contributed by atoms with van der Waals surface area (Å²) < 4.78 is 6.79. The Bertz CT molecular complexity index is 1150. The van der Waals surface area contributed by atoms with Crippen LogP contribution in [0.5, 0.6) is 0 Å². The number of fused-ring (bicyclic) bond motifs is 2. The summed E-state index contributed by atoms with van der Waals surface area (Å²) in [4.78, 5) is 30.4. The lowest BCUT2D eigenvalue weighted by Crippen LogP contribution is -2.60. The molecule has 1 atom stereocenters. The summed E-state index contributed by atoms with van der Waals surface area (Å²) in [5, 5.41) is 13.9. The topological polar surface area (TPSA) is 91.8 Å². The number of aryl methyl sites for hydroxylation is 1. The maximum absolute atomic E-state index is 13.5. The summed E-state index contributed by atoms with van der Waals surface area (Å²) in [5.74, 6) is -0.440. The monoisotopic (exact) mass is 426 g/mol. The highest BCUT2D eigenvalue weighted by atomic mass is 35.5. The largest absolute Gasteiger partial charge is 0.392 e. The van der Waals surface area contributed by atoms with Gasteiger partial charge in [-0.1, -0.05) is 28.9 Å². The van der Waals surface area contributed by atoms with Crippen molar-refractivity contribution in [3.63, 3.8) is 0 Å². The van der Waals surface area contributed by atoms with E-state index >= 15 is 0 Å². The molecule has 0 bridgehead atoms. The van der Waals surface area contributed by atoms with Crippen molar-refractivity contribution < 1.29 is 19.2 Å². The zero-order chi connectivity index (χ0) is 21.0. The molecule has 8 nitrogen and oxygen atoms in total. The number of aliphatic hydroxyl groups excluding tert-OH is 1. The van der Waals surface area contributed by atoms with Gasteiger partial charge in [0.05, 0.1) is 18.8 Å². The smallest absolute Gasteiger partial charge is 0.272 e. The molecule has 0 spiro atoms. The van der Waals surface area contributed by atoms with Crippen molar-refractivity contribution in [2.24, 2.45) is 0 Å². The van der Waals surface area contributed by atoms with E-state index in [4.69, 9.17) is 16.1 Å². The molecule has 4 heterocycles. The van der Waals surface area contributed by atoms with Gasteiger partial charge in [0.15, 0.2) is 5.66 Å². The van der Waals surface area contributed by atoms with Gasteiger partial charge in [0.2, 0.25) is 0 Å². The van der Waals surface area contributed by atoms with Gasteiger partial charge in [-0.15, -0.1) is 0 Å². The molecule has 154 valence electrons. The van der Waals surface area contributed by atoms with Crippen LogP contribution in [0.15, 0.2) is 47.3 Å². The molecule has 2 aliphatic rings. The Morgan fingerprint density at radius 3 is 2.73 bits per heavy atom. The standard InChI is InChI=1S/C21H19ClN4O4/c1-13-17(11-30-23-13)19(28)25-6-7-26-20(29)18-8-14(10-27)9-24(18)12-21(25,26)15-2-4-16(22)5-3-15/h2-5,8-9,11,27H,6-7,10,12H2,1H3. The third-order valence-electron chi connectivity index (χ3n) is 5.96. The zero-order valence-electron chi connectivity index (χ0n) is 16.2. The summed E-state index contributed by atoms with van der Waals surface area (Å²) >= 11 is 6.11. The Kier molecular flexibility index (Phi) is 4.23. The number of amides is 2. The van der Waals surface area contributed by atoms with Gasteiger partial charge in [-0.3, -0.25) is 9.59 Å². The average molecular weight is 427 g/mol. The Labute approximate surface area is 177 Å². The van der Waals surface area contributed by atoms with Crippen LogP contribution in [0.1, 0.15) is 37.7 Å². The summed E-state index contributed by atoms with van der Waals surface area (Å²) in [5.41, 5.74) is 1.77. The second-order valence-electron chi connectivity index (χ2n) is 7.57. The molecular formula is C21H19ClN4O4. The fourth-order valence-electron chi connectivity index (χ4n) is 4.53. The normalized spacial score (nSPS) is 20.4. The third kappa shape index (κ3) is 2.54. The van der Waals surface area contributed by atoms with Crippen LogP contribution in [0, 0.1) is 6.92 Å². The van der Waals surface area contributed by atoms with Crippen molar-refractivity contribution in [1.82, 2.24) is 19.5 Å². The van der Waals surface area contributed by atoms with Crippen LogP contribution >= 0.6 is 11.6 Å². The molecule has 0 aliphatic carbocycles. The number of aliphatic hydroxyl groups is 1. The van der Waals surface area contributed by atoms with E-state index in [2.05, 4.69) is 5.16 Å². The second kappa shape index (κ2) is 6.72. The van der Waals surface area contributed by atoms with E-state index in [0.717, 1.165) is 5.56 Å². The quantitative estimate of drug-likeness (QED) is 0.694. The summed E-state index contributed by atoms with van der Waals surface area (Å²) in [7, 11) is 0. The van der Waals surface area contributed by atoms with Gasteiger partial charge in [0.1, 0.15) is 17.5 Å². The van der Waals surface area contributed by atoms with Crippen LogP contribution in [0.25, 0.3) is 0 Å². The van der Waals surface area contributed by atoms with E-state index in [1.165, 1.54) is 6.26 Å². The number of benzene rings is 1. The van der Waals surface area contributed by atoms with Crippen molar-refractivity contribution in [2.75, 3.05) is 13.1 Å². The predicted molar refractivity (Wildman–Crippen MR) is 107 cm³/mol. The minimum atomic E-state index is -1.03. The molecule has 2 aliphatic heterocycles. The highest BCUT2D eigenvalue weighted by molar-refractivity contribution is 6.30. The van der Waals surface area contributed by atoms with E-state index in [1.807, 2.05) is 16.7 Å². The second-order valence-corrected chi connectivity index (χ2v) is 8.01. The van der Waals surface area contributed by atoms with Crippen molar-refractivity contribution in [3.8, 4) is 0 Å². The first-order valence-electron chi connectivity index (χ1n) is 9.56. The Morgan fingerprint density at radius 1 is 1.30 bits per heavy atom. The number of hydrogen-bond acceptors (Lipinski definition) is 5. The van der Waals surface area contributed by atoms with Crippen LogP contribution in [-0.2, 0) is 18.8 Å². The van der Waals surface area contributed by atoms with E-state index in [1.54, 1.807) is 41.1 Å². The molecule has 2 aromatic heterocycles. The number of hydrogen-bond donors (Lipinski definition) is 1. The van der Waals surface area contributed by atoms with Crippen molar-refractivity contribution in [2.45, 2.75) is 25.7 Å². The molecule has 5 rings (SSSR count). The molecule has 1 saturated heterocycles. The summed E-state index contributed by atoms with van der Waals surface area (Å²) in [6.45, 7) is 2.64. The highest BCUT2D eigenvalue weighted by Crippen LogP contribution is 2.44. The lowest BCUT2D eigenvalue weighted by molar-refractivity contribution is -0.00598. The van der Waals surface area contributed by atoms with Gasteiger partial charge in [0.25, 0.3) is 11.8 Å². The van der Waals surface area contributed by atoms with Gasteiger partial charge >= 0.3 is 0 Å². The van der Waals surface area contributed by atoms with Crippen LogP contribution < -0.4 is 0 Å². The fraction of sp³-hybridized carbons (Fsp3) is 0.286. The van der Waals surface area contributed by atoms with E-state index < -0.39 is 5.66 Å². The fourth-order valence-corrected chi connectivity index (χ4v) is 4.66. The van der Waals surface area contributed by atoms with Gasteiger partial charge in [-0.25, -0.2) is 0 Å². The molecule has 30 heavy (non-hydrogen) atoms. The predicted octanol–water partition coefficient (Wildman–Crippen LogP) is 2.40. The van der Waals surface area contributed by atoms with Crippen LogP contribution in [0.2, 0.25) is 5.02 Å². The van der Waals surface area contributed by atoms with Crippen molar-refractivity contribution in [1.29, 1.82) is 0 Å². The maximum atomic E-state index is 13.5. The number of carbonyl (C=O) groups excluding carboxylic acids is 2. The Morgan fingerprint density at radius 2 is 2.07 bits per heavy atom. The maximum Gasteiger partial charge on any atom is 0.272 e. The molecule has 0 saturated carbocycles. The first-order valence-corrected chi connectivity index (χ1v) is 9.94. The molecular weight excluding hydrogens is 408 g/mol. The SMILES string of the molecule is Cc1nocc1C(=O)N1CCN2C(=O)c3cc(CO)cn3CC12c1ccc(Cl)cc1. The number of aromatic nitrogens is 2. The third-order valence-corrected chi connectivity index (χ3v) is 6.22. The van der Waals surface area contributed by atoms with Gasteiger partial charge in [0, 0.05) is 29.9 Å². The van der Waals surface area contributed by atoms with Crippen molar-refractivity contribution >= 4 is 23.4 Å². The first kappa shape index (κ1) is 18.9. The van der Waals surface area contributed by atoms with Crippen LogP contribution in [0.3, 0.4) is 0 Å². The minimum absolute atomic E-state index is 0.163. The van der Waals surface area contributed by atoms with Crippen LogP contribution in [-0.4, -0.2) is 49.5 Å². The van der Waals surface area contributed by atoms with Crippen LogP contribution in [0.4, 0.5) is 0 Å². The minimum Gasteiger partial charge on any atom is -0.392 e. The van der Waals surface area contributed by atoms with Gasteiger partial charge in [-0.05, 0) is 30.7 Å². The number of halogens is 1.